The first-order valence-electron chi connectivity index (χ1n) is 11.5. The van der Waals surface area contributed by atoms with Gasteiger partial charge in [-0.2, -0.15) is 10.5 Å². The summed E-state index contributed by atoms with van der Waals surface area (Å²) < 4.78 is 6.14. The number of anilines is 2. The molecule has 0 saturated heterocycles. The fraction of sp³-hybridized carbons (Fsp3) is 0.222. The lowest BCUT2D eigenvalue weighted by molar-refractivity contribution is -0.115. The van der Waals surface area contributed by atoms with Crippen molar-refractivity contribution in [1.29, 1.82) is 10.5 Å². The number of pyridine rings is 1. The summed E-state index contributed by atoms with van der Waals surface area (Å²) in [7, 11) is 1.60. The fourth-order valence-electron chi connectivity index (χ4n) is 3.73. The Bertz CT molecular complexity index is 1550. The van der Waals surface area contributed by atoms with E-state index >= 15 is 0 Å². The molecule has 1 amide bonds. The van der Waals surface area contributed by atoms with E-state index in [-0.39, 0.29) is 29.3 Å². The van der Waals surface area contributed by atoms with Crippen molar-refractivity contribution < 1.29 is 9.53 Å². The topological polar surface area (TPSA) is 138 Å². The summed E-state index contributed by atoms with van der Waals surface area (Å²) >= 11 is 2.62. The van der Waals surface area contributed by atoms with Crippen molar-refractivity contribution in [3.05, 3.63) is 59.2 Å². The lowest BCUT2D eigenvalue weighted by atomic mass is 9.94. The lowest BCUT2D eigenvalue weighted by Crippen LogP contribution is -2.12. The van der Waals surface area contributed by atoms with Crippen LogP contribution in [0.3, 0.4) is 0 Å². The molecular formula is C27H24N6O2S2. The van der Waals surface area contributed by atoms with Gasteiger partial charge in [-0.3, -0.25) is 4.79 Å². The Labute approximate surface area is 223 Å². The van der Waals surface area contributed by atoms with Gasteiger partial charge in [0.25, 0.3) is 0 Å². The maximum absolute atomic E-state index is 12.6. The van der Waals surface area contributed by atoms with Gasteiger partial charge in [0, 0.05) is 17.7 Å². The molecule has 4 rings (SSSR count). The standard InChI is InChI=1S/C27H24N6O2S2/c1-15(2)16-4-6-17(7-5-16)24-19(13-28)25(30)33-26(20(24)14-29)36-11-10-23(34)32-27-31-21-9-8-18(35-3)12-22(21)37-27/h4-9,12,15H,10-11H2,1-3H3,(H2,30,33)(H,31,32,34). The van der Waals surface area contributed by atoms with E-state index in [0.29, 0.717) is 27.4 Å². The average molecular weight is 529 g/mol. The summed E-state index contributed by atoms with van der Waals surface area (Å²) in [6, 6.07) is 17.6. The Hall–Kier alpha value is -4.12. The molecule has 0 bridgehead atoms. The highest BCUT2D eigenvalue weighted by Gasteiger charge is 2.21. The van der Waals surface area contributed by atoms with Gasteiger partial charge in [-0.25, -0.2) is 9.97 Å². The van der Waals surface area contributed by atoms with Crippen LogP contribution in [-0.4, -0.2) is 28.7 Å². The molecule has 37 heavy (non-hydrogen) atoms. The smallest absolute Gasteiger partial charge is 0.226 e. The van der Waals surface area contributed by atoms with Gasteiger partial charge in [-0.15, -0.1) is 11.8 Å². The molecule has 0 radical (unpaired) electrons. The number of hydrogen-bond acceptors (Lipinski definition) is 9. The predicted molar refractivity (Wildman–Crippen MR) is 148 cm³/mol. The van der Waals surface area contributed by atoms with Crippen molar-refractivity contribution in [3.63, 3.8) is 0 Å². The van der Waals surface area contributed by atoms with Gasteiger partial charge >= 0.3 is 0 Å². The first-order valence-corrected chi connectivity index (χ1v) is 13.3. The first-order chi connectivity index (χ1) is 17.8. The highest BCUT2D eigenvalue weighted by atomic mass is 32.2. The van der Waals surface area contributed by atoms with E-state index in [1.165, 1.54) is 23.1 Å². The molecule has 2 heterocycles. The molecule has 0 saturated carbocycles. The van der Waals surface area contributed by atoms with Crippen LogP contribution in [0.4, 0.5) is 10.9 Å². The second kappa shape index (κ2) is 11.3. The number of nitrogens with one attached hydrogen (secondary N) is 1. The number of aromatic nitrogens is 2. The number of hydrogen-bond donors (Lipinski definition) is 2. The van der Waals surface area contributed by atoms with Crippen molar-refractivity contribution in [2.75, 3.05) is 23.9 Å². The third kappa shape index (κ3) is 5.67. The number of nitriles is 2. The number of nitrogen functional groups attached to an aromatic ring is 1. The summed E-state index contributed by atoms with van der Waals surface area (Å²) in [6.45, 7) is 4.19. The third-order valence-electron chi connectivity index (χ3n) is 5.69. The Balaban J connectivity index is 1.51. The summed E-state index contributed by atoms with van der Waals surface area (Å²) in [6.07, 6.45) is 0.175. The number of amides is 1. The van der Waals surface area contributed by atoms with E-state index in [2.05, 4.69) is 41.3 Å². The summed E-state index contributed by atoms with van der Waals surface area (Å²) in [5.74, 6) is 1.29. The molecule has 0 aliphatic carbocycles. The fourth-order valence-corrected chi connectivity index (χ4v) is 5.58. The SMILES string of the molecule is COc1ccc2nc(NC(=O)CCSc3nc(N)c(C#N)c(-c4ccc(C(C)C)cc4)c3C#N)sc2c1. The number of fused-ring (bicyclic) bond motifs is 1. The van der Waals surface area contributed by atoms with Crippen LogP contribution in [0.2, 0.25) is 0 Å². The summed E-state index contributed by atoms with van der Waals surface area (Å²) in [4.78, 5) is 21.3. The van der Waals surface area contributed by atoms with Crippen molar-refractivity contribution in [2.45, 2.75) is 31.2 Å². The second-order valence-corrected chi connectivity index (χ2v) is 10.5. The largest absolute Gasteiger partial charge is 0.497 e. The number of nitrogens with zero attached hydrogens (tertiary/aromatic N) is 4. The van der Waals surface area contributed by atoms with E-state index in [4.69, 9.17) is 10.5 Å². The van der Waals surface area contributed by atoms with E-state index in [1.54, 1.807) is 7.11 Å². The Kier molecular flexibility index (Phi) is 7.92. The Morgan fingerprint density at radius 2 is 1.86 bits per heavy atom. The highest BCUT2D eigenvalue weighted by Crippen LogP contribution is 2.36. The average Bonchev–Trinajstić information content (AvgIpc) is 3.29. The van der Waals surface area contributed by atoms with Crippen LogP contribution < -0.4 is 15.8 Å². The number of carbonyl (C=O) groups is 1. The molecule has 2 aromatic heterocycles. The van der Waals surface area contributed by atoms with Gasteiger partial charge < -0.3 is 15.8 Å². The monoisotopic (exact) mass is 528 g/mol. The minimum Gasteiger partial charge on any atom is -0.497 e. The first kappa shape index (κ1) is 26.0. The van der Waals surface area contributed by atoms with Crippen molar-refractivity contribution >= 4 is 50.2 Å². The lowest BCUT2D eigenvalue weighted by Gasteiger charge is -2.14. The molecule has 0 fully saturated rings. The number of methoxy groups -OCH3 is 1. The molecule has 4 aromatic rings. The normalized spacial score (nSPS) is 10.8. The zero-order valence-corrected chi connectivity index (χ0v) is 22.2. The Morgan fingerprint density at radius 1 is 1.14 bits per heavy atom. The van der Waals surface area contributed by atoms with Crippen LogP contribution in [0, 0.1) is 22.7 Å². The molecule has 8 nitrogen and oxygen atoms in total. The quantitative estimate of drug-likeness (QED) is 0.268. The van der Waals surface area contributed by atoms with E-state index in [9.17, 15) is 15.3 Å². The molecule has 0 spiro atoms. The second-order valence-electron chi connectivity index (χ2n) is 8.43. The summed E-state index contributed by atoms with van der Waals surface area (Å²) in [5, 5.41) is 23.4. The minimum absolute atomic E-state index is 0.0568. The van der Waals surface area contributed by atoms with Crippen LogP contribution in [0.1, 0.15) is 42.9 Å². The number of thioether (sulfide) groups is 1. The molecule has 0 aliphatic heterocycles. The molecule has 186 valence electrons. The maximum atomic E-state index is 12.6. The van der Waals surface area contributed by atoms with Crippen LogP contribution in [0.5, 0.6) is 5.75 Å². The van der Waals surface area contributed by atoms with Crippen LogP contribution >= 0.6 is 23.1 Å². The number of rotatable bonds is 8. The molecule has 10 heteroatoms. The van der Waals surface area contributed by atoms with Crippen molar-refractivity contribution in [1.82, 2.24) is 9.97 Å². The molecule has 2 aromatic carbocycles. The van der Waals surface area contributed by atoms with Crippen LogP contribution in [0.25, 0.3) is 21.3 Å². The van der Waals surface area contributed by atoms with Gasteiger partial charge in [0.05, 0.1) is 22.9 Å². The van der Waals surface area contributed by atoms with Gasteiger partial charge in [-0.1, -0.05) is 49.4 Å². The minimum atomic E-state index is -0.205. The number of benzene rings is 2. The Morgan fingerprint density at radius 3 is 2.51 bits per heavy atom. The molecule has 0 unspecified atom stereocenters. The van der Waals surface area contributed by atoms with E-state index < -0.39 is 0 Å². The van der Waals surface area contributed by atoms with Crippen LogP contribution in [0.15, 0.2) is 47.5 Å². The van der Waals surface area contributed by atoms with Gasteiger partial charge in [-0.05, 0) is 35.2 Å². The maximum Gasteiger partial charge on any atom is 0.226 e. The molecule has 0 atom stereocenters. The van der Waals surface area contributed by atoms with Gasteiger partial charge in [0.2, 0.25) is 5.91 Å². The summed E-state index contributed by atoms with van der Waals surface area (Å²) in [5.41, 5.74) is 9.66. The zero-order valence-electron chi connectivity index (χ0n) is 20.5. The van der Waals surface area contributed by atoms with Crippen LogP contribution in [-0.2, 0) is 4.79 Å². The predicted octanol–water partition coefficient (Wildman–Crippen LogP) is 5.94. The molecule has 3 N–H and O–H groups in total. The van der Waals surface area contributed by atoms with Crippen molar-refractivity contribution in [2.24, 2.45) is 0 Å². The molecule has 0 aliphatic rings. The third-order valence-corrected chi connectivity index (χ3v) is 7.60. The number of ether oxygens (including phenoxy) is 1. The van der Waals surface area contributed by atoms with E-state index in [1.807, 2.05) is 42.5 Å². The molecular weight excluding hydrogens is 504 g/mol. The number of nitrogens with two attached hydrogens (primary N) is 1. The van der Waals surface area contributed by atoms with Gasteiger partial charge in [0.15, 0.2) is 5.13 Å². The number of carbonyl (C=O) groups excluding carboxylic acids is 1. The van der Waals surface area contributed by atoms with Crippen molar-refractivity contribution in [3.8, 4) is 29.0 Å². The number of thiazole rings is 1. The zero-order chi connectivity index (χ0) is 26.5. The van der Waals surface area contributed by atoms with E-state index in [0.717, 1.165) is 27.1 Å². The highest BCUT2D eigenvalue weighted by molar-refractivity contribution is 7.99. The van der Waals surface area contributed by atoms with Gasteiger partial charge in [0.1, 0.15) is 34.3 Å².